The molecule has 1 aliphatic rings. The molecule has 0 fully saturated rings. The lowest BCUT2D eigenvalue weighted by Gasteiger charge is -2.23. The Kier molecular flexibility index (Phi) is 4.39. The van der Waals surface area contributed by atoms with Gasteiger partial charge in [0.1, 0.15) is 6.42 Å². The number of rotatable bonds is 5. The van der Waals surface area contributed by atoms with Crippen molar-refractivity contribution in [2.24, 2.45) is 4.99 Å². The Morgan fingerprint density at radius 3 is 2.43 bits per heavy atom. The molecule has 118 valence electrons. The van der Waals surface area contributed by atoms with Crippen LogP contribution < -0.4 is 5.48 Å². The lowest BCUT2D eigenvalue weighted by molar-refractivity contribution is -0.153. The van der Waals surface area contributed by atoms with E-state index in [1.807, 2.05) is 60.7 Å². The van der Waals surface area contributed by atoms with Crippen LogP contribution >= 0.6 is 0 Å². The Hall–Kier alpha value is -2.66. The van der Waals surface area contributed by atoms with E-state index in [1.165, 1.54) is 0 Å². The molecule has 1 heterocycles. The number of hydrogen-bond donors (Lipinski definition) is 1. The first kappa shape index (κ1) is 15.2. The number of esters is 1. The van der Waals surface area contributed by atoms with Gasteiger partial charge in [0.15, 0.2) is 5.84 Å². The van der Waals surface area contributed by atoms with E-state index in [0.29, 0.717) is 12.4 Å². The molecule has 0 bridgehead atoms. The van der Waals surface area contributed by atoms with Gasteiger partial charge in [-0.25, -0.2) is 15.3 Å². The van der Waals surface area contributed by atoms with Crippen molar-refractivity contribution < 1.29 is 14.4 Å². The van der Waals surface area contributed by atoms with Crippen LogP contribution in [0.1, 0.15) is 24.5 Å². The first-order chi connectivity index (χ1) is 11.2. The van der Waals surface area contributed by atoms with Crippen molar-refractivity contribution in [1.82, 2.24) is 5.48 Å². The third-order valence-corrected chi connectivity index (χ3v) is 3.57. The molecular formula is C18H18N2O3. The summed E-state index contributed by atoms with van der Waals surface area (Å²) >= 11 is 0. The predicted octanol–water partition coefficient (Wildman–Crippen LogP) is 2.77. The lowest BCUT2D eigenvalue weighted by atomic mass is 10.00. The molecule has 23 heavy (non-hydrogen) atoms. The van der Waals surface area contributed by atoms with Crippen molar-refractivity contribution in [3.05, 3.63) is 71.8 Å². The second-order valence-electron chi connectivity index (χ2n) is 5.16. The first-order valence-corrected chi connectivity index (χ1v) is 7.54. The van der Waals surface area contributed by atoms with Crippen LogP contribution in [0, 0.1) is 0 Å². The second kappa shape index (κ2) is 6.62. The van der Waals surface area contributed by atoms with Gasteiger partial charge >= 0.3 is 5.97 Å². The highest BCUT2D eigenvalue weighted by atomic mass is 16.7. The van der Waals surface area contributed by atoms with Crippen molar-refractivity contribution >= 4 is 11.8 Å². The van der Waals surface area contributed by atoms with Gasteiger partial charge in [-0.15, -0.1) is 0 Å². The predicted molar refractivity (Wildman–Crippen MR) is 86.6 cm³/mol. The first-order valence-electron chi connectivity index (χ1n) is 7.54. The molecule has 3 rings (SSSR count). The third-order valence-electron chi connectivity index (χ3n) is 3.57. The van der Waals surface area contributed by atoms with Gasteiger partial charge in [0.05, 0.1) is 6.61 Å². The molecule has 2 aromatic carbocycles. The number of hydroxylamine groups is 1. The number of aliphatic imine (C=N–C) groups is 1. The number of ether oxygens (including phenoxy) is 1. The molecule has 0 aromatic heterocycles. The topological polar surface area (TPSA) is 59.9 Å². The van der Waals surface area contributed by atoms with E-state index < -0.39 is 5.72 Å². The van der Waals surface area contributed by atoms with E-state index in [1.54, 1.807) is 6.92 Å². The maximum Gasteiger partial charge on any atom is 0.311 e. The normalized spacial score (nSPS) is 19.8. The summed E-state index contributed by atoms with van der Waals surface area (Å²) < 4.78 is 5.08. The summed E-state index contributed by atoms with van der Waals surface area (Å²) in [5.41, 5.74) is 3.43. The van der Waals surface area contributed by atoms with Crippen molar-refractivity contribution in [2.45, 2.75) is 19.1 Å². The number of nitrogens with zero attached hydrogens (tertiary/aromatic N) is 1. The van der Waals surface area contributed by atoms with Crippen LogP contribution in [0.15, 0.2) is 65.7 Å². The zero-order chi connectivity index (χ0) is 16.1. The van der Waals surface area contributed by atoms with Crippen molar-refractivity contribution in [2.75, 3.05) is 6.61 Å². The third kappa shape index (κ3) is 3.24. The zero-order valence-electron chi connectivity index (χ0n) is 12.9. The smallest absolute Gasteiger partial charge is 0.311 e. The summed E-state index contributed by atoms with van der Waals surface area (Å²) in [5.74, 6) is 0.245. The van der Waals surface area contributed by atoms with E-state index in [0.717, 1.165) is 11.1 Å². The number of carbonyl (C=O) groups excluding carboxylic acids is 1. The highest BCUT2D eigenvalue weighted by molar-refractivity contribution is 5.99. The Morgan fingerprint density at radius 1 is 1.13 bits per heavy atom. The molecule has 0 radical (unpaired) electrons. The standard InChI is InChI=1S/C18H18N2O3/c1-2-22-16(21)13-18(15-11-7-4-8-12-15)19-17(20-23-18)14-9-5-3-6-10-14/h3-12H,2,13H2,1H3,(H,19,20). The van der Waals surface area contributed by atoms with Gasteiger partial charge in [-0.2, -0.15) is 0 Å². The number of benzene rings is 2. The summed E-state index contributed by atoms with van der Waals surface area (Å²) in [7, 11) is 0. The van der Waals surface area contributed by atoms with Crippen LogP contribution in [-0.4, -0.2) is 18.4 Å². The average Bonchev–Trinajstić information content (AvgIpc) is 3.02. The van der Waals surface area contributed by atoms with Crippen LogP contribution in [0.3, 0.4) is 0 Å². The zero-order valence-corrected chi connectivity index (χ0v) is 12.9. The number of carbonyl (C=O) groups is 1. The van der Waals surface area contributed by atoms with Gasteiger partial charge in [0.2, 0.25) is 5.72 Å². The molecular weight excluding hydrogens is 292 g/mol. The summed E-state index contributed by atoms with van der Waals surface area (Å²) in [4.78, 5) is 22.4. The SMILES string of the molecule is CCOC(=O)CC1(c2ccccc2)N=C(c2ccccc2)NO1. The minimum atomic E-state index is -1.11. The lowest BCUT2D eigenvalue weighted by Crippen LogP contribution is -2.31. The molecule has 0 amide bonds. The fraction of sp³-hybridized carbons (Fsp3) is 0.222. The summed E-state index contributed by atoms with van der Waals surface area (Å²) in [6.07, 6.45) is 0.00812. The summed E-state index contributed by atoms with van der Waals surface area (Å²) in [6, 6.07) is 19.1. The van der Waals surface area contributed by atoms with Gasteiger partial charge in [0, 0.05) is 11.1 Å². The number of amidine groups is 1. The largest absolute Gasteiger partial charge is 0.466 e. The maximum absolute atomic E-state index is 12.0. The van der Waals surface area contributed by atoms with Crippen LogP contribution in [0.25, 0.3) is 0 Å². The van der Waals surface area contributed by atoms with E-state index in [-0.39, 0.29) is 12.4 Å². The summed E-state index contributed by atoms with van der Waals surface area (Å²) in [6.45, 7) is 2.10. The van der Waals surface area contributed by atoms with E-state index in [9.17, 15) is 4.79 Å². The van der Waals surface area contributed by atoms with Crippen molar-refractivity contribution in [3.8, 4) is 0 Å². The van der Waals surface area contributed by atoms with Gasteiger partial charge < -0.3 is 4.74 Å². The van der Waals surface area contributed by atoms with E-state index >= 15 is 0 Å². The summed E-state index contributed by atoms with van der Waals surface area (Å²) in [5, 5.41) is 0. The highest BCUT2D eigenvalue weighted by Crippen LogP contribution is 2.34. The monoisotopic (exact) mass is 310 g/mol. The van der Waals surface area contributed by atoms with Crippen molar-refractivity contribution in [3.63, 3.8) is 0 Å². The number of hydrogen-bond acceptors (Lipinski definition) is 5. The fourth-order valence-corrected chi connectivity index (χ4v) is 2.49. The van der Waals surface area contributed by atoms with Crippen LogP contribution in [-0.2, 0) is 20.1 Å². The van der Waals surface area contributed by atoms with Crippen LogP contribution in [0.5, 0.6) is 0 Å². The van der Waals surface area contributed by atoms with Gasteiger partial charge in [-0.1, -0.05) is 60.7 Å². The molecule has 1 aliphatic heterocycles. The molecule has 0 saturated heterocycles. The van der Waals surface area contributed by atoms with Gasteiger partial charge in [-0.05, 0) is 6.92 Å². The molecule has 5 heteroatoms. The Morgan fingerprint density at radius 2 is 1.78 bits per heavy atom. The number of nitrogens with one attached hydrogen (secondary N) is 1. The van der Waals surface area contributed by atoms with Gasteiger partial charge in [-0.3, -0.25) is 4.79 Å². The molecule has 1 atom stereocenters. The molecule has 5 nitrogen and oxygen atoms in total. The quantitative estimate of drug-likeness (QED) is 0.863. The molecule has 2 aromatic rings. The molecule has 0 spiro atoms. The minimum absolute atomic E-state index is 0.00812. The Labute approximate surface area is 134 Å². The highest BCUT2D eigenvalue weighted by Gasteiger charge is 2.41. The van der Waals surface area contributed by atoms with Crippen LogP contribution in [0.4, 0.5) is 0 Å². The fourth-order valence-electron chi connectivity index (χ4n) is 2.49. The maximum atomic E-state index is 12.0. The molecule has 1 unspecified atom stereocenters. The molecule has 0 aliphatic carbocycles. The van der Waals surface area contributed by atoms with Crippen LogP contribution in [0.2, 0.25) is 0 Å². The molecule has 1 N–H and O–H groups in total. The van der Waals surface area contributed by atoms with Crippen molar-refractivity contribution in [1.29, 1.82) is 0 Å². The van der Waals surface area contributed by atoms with Gasteiger partial charge in [0.25, 0.3) is 0 Å². The second-order valence-corrected chi connectivity index (χ2v) is 5.16. The Bertz CT molecular complexity index is 701. The van der Waals surface area contributed by atoms with E-state index in [4.69, 9.17) is 9.57 Å². The Balaban J connectivity index is 1.97. The van der Waals surface area contributed by atoms with E-state index in [2.05, 4.69) is 10.5 Å². The average molecular weight is 310 g/mol. The molecule has 0 saturated carbocycles. The minimum Gasteiger partial charge on any atom is -0.466 e.